The topological polar surface area (TPSA) is 30.5 Å². The molecule has 0 fully saturated rings. The highest BCUT2D eigenvalue weighted by molar-refractivity contribution is 5.44. The lowest BCUT2D eigenvalue weighted by atomic mass is 9.93. The standard InChI is InChI=1S/C16H25NO2/c1-5-7-15-16(17-18-4)13-10-12(11(3)6-2)8-9-14(13)19-15/h8-11,15-17H,5-7H2,1-4H3. The molecule has 1 aliphatic rings. The van der Waals surface area contributed by atoms with Crippen LogP contribution in [0.5, 0.6) is 5.75 Å². The lowest BCUT2D eigenvalue weighted by Gasteiger charge is -2.18. The van der Waals surface area contributed by atoms with E-state index in [2.05, 4.69) is 44.5 Å². The Morgan fingerprint density at radius 1 is 1.37 bits per heavy atom. The van der Waals surface area contributed by atoms with Crippen molar-refractivity contribution in [1.29, 1.82) is 0 Å². The van der Waals surface area contributed by atoms with Crippen LogP contribution in [0.15, 0.2) is 18.2 Å². The quantitative estimate of drug-likeness (QED) is 0.788. The SMILES string of the molecule is CCCC1Oc2ccc(C(C)CC)cc2C1NOC. The Bertz CT molecular complexity index is 419. The number of rotatable bonds is 6. The van der Waals surface area contributed by atoms with Crippen molar-refractivity contribution in [2.45, 2.75) is 58.1 Å². The zero-order chi connectivity index (χ0) is 13.8. The van der Waals surface area contributed by atoms with E-state index in [1.54, 1.807) is 7.11 Å². The molecule has 1 aromatic rings. The van der Waals surface area contributed by atoms with Gasteiger partial charge >= 0.3 is 0 Å². The van der Waals surface area contributed by atoms with Gasteiger partial charge in [0.1, 0.15) is 11.9 Å². The lowest BCUT2D eigenvalue weighted by molar-refractivity contribution is 0.0269. The summed E-state index contributed by atoms with van der Waals surface area (Å²) in [6, 6.07) is 6.71. The minimum atomic E-state index is 0.143. The van der Waals surface area contributed by atoms with Gasteiger partial charge < -0.3 is 9.57 Å². The van der Waals surface area contributed by atoms with Crippen molar-refractivity contribution in [3.05, 3.63) is 29.3 Å². The second-order valence-electron chi connectivity index (χ2n) is 5.35. The molecule has 0 saturated carbocycles. The molecule has 106 valence electrons. The second-order valence-corrected chi connectivity index (χ2v) is 5.35. The van der Waals surface area contributed by atoms with Gasteiger partial charge in [0.15, 0.2) is 0 Å². The van der Waals surface area contributed by atoms with Gasteiger partial charge in [0.05, 0.1) is 13.2 Å². The van der Waals surface area contributed by atoms with Crippen LogP contribution in [0.25, 0.3) is 0 Å². The van der Waals surface area contributed by atoms with Crippen LogP contribution in [0.3, 0.4) is 0 Å². The van der Waals surface area contributed by atoms with E-state index < -0.39 is 0 Å². The summed E-state index contributed by atoms with van der Waals surface area (Å²) >= 11 is 0. The van der Waals surface area contributed by atoms with Crippen molar-refractivity contribution >= 4 is 0 Å². The minimum absolute atomic E-state index is 0.143. The van der Waals surface area contributed by atoms with E-state index >= 15 is 0 Å². The van der Waals surface area contributed by atoms with E-state index in [1.165, 1.54) is 11.1 Å². The van der Waals surface area contributed by atoms with Gasteiger partial charge in [-0.05, 0) is 30.4 Å². The Balaban J connectivity index is 2.28. The third-order valence-corrected chi connectivity index (χ3v) is 4.02. The summed E-state index contributed by atoms with van der Waals surface area (Å²) in [5, 5.41) is 0. The van der Waals surface area contributed by atoms with Crippen molar-refractivity contribution in [3.8, 4) is 5.75 Å². The largest absolute Gasteiger partial charge is 0.488 e. The summed E-state index contributed by atoms with van der Waals surface area (Å²) in [6.45, 7) is 6.67. The number of hydrogen-bond acceptors (Lipinski definition) is 3. The van der Waals surface area contributed by atoms with Crippen LogP contribution in [0, 0.1) is 0 Å². The molecule has 0 aliphatic carbocycles. The van der Waals surface area contributed by atoms with Crippen LogP contribution in [0.4, 0.5) is 0 Å². The molecule has 1 heterocycles. The van der Waals surface area contributed by atoms with Gasteiger partial charge in [0.2, 0.25) is 0 Å². The van der Waals surface area contributed by atoms with Crippen molar-refractivity contribution < 1.29 is 9.57 Å². The average molecular weight is 263 g/mol. The van der Waals surface area contributed by atoms with E-state index in [4.69, 9.17) is 9.57 Å². The van der Waals surface area contributed by atoms with Gasteiger partial charge in [-0.1, -0.05) is 39.3 Å². The Morgan fingerprint density at radius 3 is 2.79 bits per heavy atom. The monoisotopic (exact) mass is 263 g/mol. The molecule has 3 unspecified atom stereocenters. The van der Waals surface area contributed by atoms with Crippen LogP contribution in [0.2, 0.25) is 0 Å². The van der Waals surface area contributed by atoms with E-state index in [9.17, 15) is 0 Å². The van der Waals surface area contributed by atoms with Crippen molar-refractivity contribution in [2.24, 2.45) is 0 Å². The number of ether oxygens (including phenoxy) is 1. The molecule has 0 amide bonds. The first kappa shape index (κ1) is 14.4. The van der Waals surface area contributed by atoms with Crippen LogP contribution in [-0.4, -0.2) is 13.2 Å². The summed E-state index contributed by atoms with van der Waals surface area (Å²) in [7, 11) is 1.67. The van der Waals surface area contributed by atoms with Gasteiger partial charge in [-0.25, -0.2) is 0 Å². The number of nitrogens with one attached hydrogen (secondary N) is 1. The molecule has 3 atom stereocenters. The number of fused-ring (bicyclic) bond motifs is 1. The fraction of sp³-hybridized carbons (Fsp3) is 0.625. The molecule has 0 radical (unpaired) electrons. The lowest BCUT2D eigenvalue weighted by Crippen LogP contribution is -2.30. The maximum atomic E-state index is 6.04. The molecular formula is C16H25NO2. The zero-order valence-corrected chi connectivity index (χ0v) is 12.4. The van der Waals surface area contributed by atoms with E-state index in [-0.39, 0.29) is 12.1 Å². The van der Waals surface area contributed by atoms with Gasteiger partial charge in [0.25, 0.3) is 0 Å². The van der Waals surface area contributed by atoms with Crippen molar-refractivity contribution in [2.75, 3.05) is 7.11 Å². The van der Waals surface area contributed by atoms with E-state index in [0.29, 0.717) is 5.92 Å². The molecule has 1 N–H and O–H groups in total. The molecular weight excluding hydrogens is 238 g/mol. The molecule has 3 heteroatoms. The first-order chi connectivity index (χ1) is 9.21. The fourth-order valence-corrected chi connectivity index (χ4v) is 2.67. The first-order valence-corrected chi connectivity index (χ1v) is 7.30. The highest BCUT2D eigenvalue weighted by Gasteiger charge is 2.34. The van der Waals surface area contributed by atoms with E-state index in [0.717, 1.165) is 25.0 Å². The Labute approximate surface area is 116 Å². The molecule has 0 aromatic heterocycles. The van der Waals surface area contributed by atoms with Crippen molar-refractivity contribution in [1.82, 2.24) is 5.48 Å². The maximum Gasteiger partial charge on any atom is 0.124 e. The van der Waals surface area contributed by atoms with Crippen LogP contribution in [0.1, 0.15) is 63.1 Å². The normalized spacial score (nSPS) is 22.9. The summed E-state index contributed by atoms with van der Waals surface area (Å²) in [5.41, 5.74) is 5.71. The average Bonchev–Trinajstić information content (AvgIpc) is 2.76. The third-order valence-electron chi connectivity index (χ3n) is 4.02. The molecule has 2 rings (SSSR count). The Morgan fingerprint density at radius 2 is 2.16 bits per heavy atom. The minimum Gasteiger partial charge on any atom is -0.488 e. The summed E-state index contributed by atoms with van der Waals surface area (Å²) < 4.78 is 6.04. The van der Waals surface area contributed by atoms with Crippen molar-refractivity contribution in [3.63, 3.8) is 0 Å². The van der Waals surface area contributed by atoms with Gasteiger partial charge in [-0.2, -0.15) is 5.48 Å². The fourth-order valence-electron chi connectivity index (χ4n) is 2.67. The van der Waals surface area contributed by atoms with Gasteiger partial charge in [-0.3, -0.25) is 0 Å². The highest BCUT2D eigenvalue weighted by Crippen LogP contribution is 2.40. The number of hydroxylamine groups is 1. The van der Waals surface area contributed by atoms with Crippen LogP contribution < -0.4 is 10.2 Å². The first-order valence-electron chi connectivity index (χ1n) is 7.30. The molecule has 0 spiro atoms. The van der Waals surface area contributed by atoms with Gasteiger partial charge in [-0.15, -0.1) is 0 Å². The molecule has 3 nitrogen and oxygen atoms in total. The zero-order valence-electron chi connectivity index (χ0n) is 12.4. The number of benzene rings is 1. The molecule has 0 saturated heterocycles. The van der Waals surface area contributed by atoms with Crippen LogP contribution >= 0.6 is 0 Å². The molecule has 19 heavy (non-hydrogen) atoms. The maximum absolute atomic E-state index is 6.04. The summed E-state index contributed by atoms with van der Waals surface area (Å²) in [6.07, 6.45) is 3.47. The van der Waals surface area contributed by atoms with Crippen LogP contribution in [-0.2, 0) is 4.84 Å². The number of hydrogen-bond donors (Lipinski definition) is 1. The third kappa shape index (κ3) is 2.93. The predicted molar refractivity (Wildman–Crippen MR) is 77.4 cm³/mol. The summed E-state index contributed by atoms with van der Waals surface area (Å²) in [4.78, 5) is 5.16. The van der Waals surface area contributed by atoms with E-state index in [1.807, 2.05) is 0 Å². The molecule has 0 bridgehead atoms. The Hall–Kier alpha value is -1.06. The smallest absolute Gasteiger partial charge is 0.124 e. The summed E-state index contributed by atoms with van der Waals surface area (Å²) in [5.74, 6) is 1.58. The molecule has 1 aromatic carbocycles. The second kappa shape index (κ2) is 6.40. The predicted octanol–water partition coefficient (Wildman–Crippen LogP) is 3.95. The molecule has 1 aliphatic heterocycles. The Kier molecular flexibility index (Phi) is 4.83. The van der Waals surface area contributed by atoms with Gasteiger partial charge in [0, 0.05) is 5.56 Å². The highest BCUT2D eigenvalue weighted by atomic mass is 16.6.